The van der Waals surface area contributed by atoms with E-state index >= 15 is 0 Å². The summed E-state index contributed by atoms with van der Waals surface area (Å²) in [5.74, 6) is 9.97. The lowest BCUT2D eigenvalue weighted by Crippen LogP contribution is -2.58. The van der Waals surface area contributed by atoms with Crippen LogP contribution in [0.5, 0.6) is 0 Å². The van der Waals surface area contributed by atoms with E-state index in [9.17, 15) is 19.5 Å². The molecule has 2 aliphatic carbocycles. The van der Waals surface area contributed by atoms with Gasteiger partial charge in [0.2, 0.25) is 41.5 Å². The number of methoxy groups -OCH3 is 1. The molecule has 36 nitrogen and oxygen atoms in total. The zero-order valence-electron chi connectivity index (χ0n) is 91.3. The largest absolute Gasteiger partial charge is 0.395 e. The van der Waals surface area contributed by atoms with Gasteiger partial charge in [0, 0.05) is 214 Å². The number of amides is 3. The predicted molar refractivity (Wildman–Crippen MR) is 570 cm³/mol. The van der Waals surface area contributed by atoms with Crippen molar-refractivity contribution in [2.45, 2.75) is 279 Å². The van der Waals surface area contributed by atoms with Crippen LogP contribution in [-0.4, -0.2) is 336 Å². The Kier molecular flexibility index (Phi) is 39.4. The normalized spacial score (nSPS) is 18.8. The lowest BCUT2D eigenvalue weighted by atomic mass is 9.79. The number of rotatable bonds is 25. The molecule has 10 fully saturated rings. The summed E-state index contributed by atoms with van der Waals surface area (Å²) < 4.78 is 26.0. The molecule has 2 saturated carbocycles. The number of aliphatic hydroxyl groups is 2. The summed E-state index contributed by atoms with van der Waals surface area (Å²) in [6.07, 6.45) is 10.3. The van der Waals surface area contributed by atoms with Crippen LogP contribution < -0.4 is 51.5 Å². The second-order valence-electron chi connectivity index (χ2n) is 47.4. The molecule has 8 saturated heterocycles. The van der Waals surface area contributed by atoms with E-state index in [1.165, 1.54) is 11.1 Å². The highest BCUT2D eigenvalue weighted by molar-refractivity contribution is 5.82. The van der Waals surface area contributed by atoms with Crippen LogP contribution in [0.3, 0.4) is 0 Å². The molecule has 0 atom stereocenters. The van der Waals surface area contributed by atoms with Gasteiger partial charge in [-0.3, -0.25) is 19.3 Å². The zero-order valence-corrected chi connectivity index (χ0v) is 91.3. The zero-order chi connectivity index (χ0) is 104. The number of nitrogens with one attached hydrogen (secondary N) is 6. The van der Waals surface area contributed by atoms with Crippen molar-refractivity contribution >= 4 is 76.4 Å². The van der Waals surface area contributed by atoms with E-state index in [1.807, 2.05) is 90.1 Å². The van der Waals surface area contributed by atoms with Gasteiger partial charge in [-0.2, -0.15) is 19.9 Å². The Bertz CT molecular complexity index is 5100. The number of pyridine rings is 2. The average molecular weight is 1980 g/mol. The van der Waals surface area contributed by atoms with Crippen LogP contribution in [-0.2, 0) is 82.4 Å². The minimum atomic E-state index is -0.0751. The molecule has 0 aromatic carbocycles. The fraction of sp³-hybridized carbons (Fsp3) is 0.692. The number of ether oxygens (including phenoxy) is 5. The summed E-state index contributed by atoms with van der Waals surface area (Å²) in [7, 11) is 7.55. The van der Waals surface area contributed by atoms with Crippen molar-refractivity contribution in [2.24, 2.45) is 17.8 Å². The van der Waals surface area contributed by atoms with E-state index in [-0.39, 0.29) is 68.3 Å². The molecule has 8 aliphatic heterocycles. The number of aromatic nitrogens is 12. The first-order valence-electron chi connectivity index (χ1n) is 51.6. The van der Waals surface area contributed by atoms with Crippen molar-refractivity contribution in [3.8, 4) is 0 Å². The van der Waals surface area contributed by atoms with E-state index in [1.54, 1.807) is 20.4 Å². The van der Waals surface area contributed by atoms with Crippen molar-refractivity contribution in [1.82, 2.24) is 79.4 Å². The van der Waals surface area contributed by atoms with Crippen molar-refractivity contribution in [2.75, 3.05) is 237 Å². The molecule has 7 aromatic heterocycles. The van der Waals surface area contributed by atoms with Crippen LogP contribution in [0.2, 0.25) is 0 Å². The number of hydrogen-bond donors (Lipinski definition) is 8. The molecule has 15 heterocycles. The molecular formula is C107H172N26O10. The molecule has 10 aliphatic rings. The van der Waals surface area contributed by atoms with Gasteiger partial charge in [0.25, 0.3) is 0 Å². The fourth-order valence-corrected chi connectivity index (χ4v) is 16.1. The molecule has 36 heteroatoms. The number of nitrogens with zero attached hydrogens (tertiary/aromatic N) is 20. The van der Waals surface area contributed by atoms with E-state index < -0.39 is 0 Å². The minimum Gasteiger partial charge on any atom is -0.395 e. The molecule has 143 heavy (non-hydrogen) atoms. The van der Waals surface area contributed by atoms with Crippen molar-refractivity contribution in [1.29, 1.82) is 0 Å². The van der Waals surface area contributed by atoms with E-state index in [4.69, 9.17) is 48.7 Å². The van der Waals surface area contributed by atoms with Crippen LogP contribution in [0.25, 0.3) is 0 Å². The highest BCUT2D eigenvalue weighted by Crippen LogP contribution is 2.37. The van der Waals surface area contributed by atoms with Crippen LogP contribution in [0.15, 0.2) is 73.3 Å². The summed E-state index contributed by atoms with van der Waals surface area (Å²) in [5, 5.41) is 38.8. The fourth-order valence-electron chi connectivity index (χ4n) is 16.1. The van der Waals surface area contributed by atoms with Crippen LogP contribution in [0, 0.1) is 17.8 Å². The Morgan fingerprint density at radius 1 is 0.448 bits per heavy atom. The molecule has 0 bridgehead atoms. The summed E-state index contributed by atoms with van der Waals surface area (Å²) in [6.45, 7) is 69.4. The number of hydrogen-bond acceptors (Lipinski definition) is 33. The van der Waals surface area contributed by atoms with Gasteiger partial charge in [-0.05, 0) is 90.3 Å². The Hall–Kier alpha value is -10.2. The lowest BCUT2D eigenvalue weighted by molar-refractivity contribution is -0.138. The van der Waals surface area contributed by atoms with Gasteiger partial charge in [0.15, 0.2) is 0 Å². The maximum Gasteiger partial charge on any atom is 0.227 e. The summed E-state index contributed by atoms with van der Waals surface area (Å²) in [4.78, 5) is 106. The SMILES string of the molecule is CC(=O)N1CCN(c2nc(NC3COC3)cc(C(C)(C)C)n2)CC1.CC(C)(C)c1cc(CC2CC(O)C2)ncn1.CC(C)(C)c1ccnc(NC2CN(C(=O)C3CC3)C2)c1.CC(C)C(=O)N1CC(Nc2cc(C(C)(C)C)ccn2)C1.CN(C)c1nc(NC2COC2)cc(C(C)(C)C)n1.CN(CCO)c1nc(NC2COC2)cc(C(C)(C)C)n1.COCCN1CCN(c2nc(NC3COC3)cc(C(C)(C)C)n2)CC1. The smallest absolute Gasteiger partial charge is 0.227 e. The highest BCUT2D eigenvalue weighted by atomic mass is 16.5. The molecule has 790 valence electrons. The first-order valence-corrected chi connectivity index (χ1v) is 51.6. The van der Waals surface area contributed by atoms with Crippen molar-refractivity contribution in [3.63, 3.8) is 0 Å². The number of carbonyl (C=O) groups excluding carboxylic acids is 3. The van der Waals surface area contributed by atoms with E-state index in [2.05, 4.69) is 268 Å². The first kappa shape index (κ1) is 113. The Balaban J connectivity index is 0.000000160. The number of piperazine rings is 2. The van der Waals surface area contributed by atoms with E-state index in [0.29, 0.717) is 66.5 Å². The molecule has 3 amide bonds. The van der Waals surface area contributed by atoms with E-state index in [0.717, 1.165) is 264 Å². The third kappa shape index (κ3) is 35.0. The molecule has 8 N–H and O–H groups in total. The number of likely N-dealkylation sites (N-methyl/N-ethyl adjacent to an activating group) is 1. The van der Waals surface area contributed by atoms with Gasteiger partial charge in [-0.25, -0.2) is 39.9 Å². The van der Waals surface area contributed by atoms with Gasteiger partial charge in [0.1, 0.15) is 41.2 Å². The number of anilines is 10. The topological polar surface area (TPSA) is 391 Å². The molecule has 7 aromatic rings. The van der Waals surface area contributed by atoms with Gasteiger partial charge in [-0.1, -0.05) is 159 Å². The summed E-state index contributed by atoms with van der Waals surface area (Å²) in [5.41, 5.74) is 9.10. The Labute approximate surface area is 852 Å². The second kappa shape index (κ2) is 49.8. The monoisotopic (exact) mass is 1980 g/mol. The number of likely N-dealkylation sites (tertiary alicyclic amines) is 2. The maximum absolute atomic E-state index is 11.9. The van der Waals surface area contributed by atoms with Crippen LogP contribution in [0.1, 0.15) is 237 Å². The van der Waals surface area contributed by atoms with Crippen molar-refractivity contribution in [3.05, 3.63) is 119 Å². The van der Waals surface area contributed by atoms with Crippen molar-refractivity contribution < 1.29 is 48.3 Å². The first-order chi connectivity index (χ1) is 67.2. The lowest BCUT2D eigenvalue weighted by Gasteiger charge is -2.40. The molecule has 0 radical (unpaired) electrons. The quantitative estimate of drug-likeness (QED) is 0.0263. The molecular weight excluding hydrogens is 1810 g/mol. The summed E-state index contributed by atoms with van der Waals surface area (Å²) in [6, 6.07) is 20.6. The molecule has 0 spiro atoms. The third-order valence-electron chi connectivity index (χ3n) is 26.3. The maximum atomic E-state index is 11.9. The standard InChI is InChI=1S/C18H31N5O2.C17H27N5O2.C16H23N3O.C16H25N3O.C14H24N4O2.C13H22N4O.C13H20N2O/c1-18(2,3)15-11-16(19-14-12-25-13-14)21-17(20-15)23-7-5-22(6-8-23)9-10-24-4;1-12(23)21-5-7-22(8-6-21)16-19-14(17(2,3)4)9-15(20-16)18-13-10-24-11-13;1-16(2,3)12-6-7-17-14(8-12)18-13-9-19(10-13)15(20)11-4-5-11;1-11(2)15(20)19-9-13(10-19)18-14-8-12(6-7-17-14)16(3,4)5;1-14(2,3)11-7-12(15-10-8-20-9-10)17-13(16-11)18(4)5-6-19;1-13(2,3)10-6-11(14-9-7-18-8-9)16-12(15-10)17(4)5;1-13(2,3)12-7-10(14-8-15-12)4-9-5-11(16)6-9/h11,14H,5-10,12-13H2,1-4H3,(H,19,20,21);9,13H,5-8,10-11H2,1-4H3,(H,18,19,20);6-8,11,13H,4-5,9-10H2,1-3H3,(H,17,18);6-8,11,13H,9-10H2,1-5H3,(H,17,18);7,10,19H,5-6,8-9H2,1-4H3,(H,15,16,17);6,9H,7-8H2,1-5H3,(H,14,15,16);7-9,11,16H,4-6H2,1-3H3. The summed E-state index contributed by atoms with van der Waals surface area (Å²) >= 11 is 0. The van der Waals surface area contributed by atoms with Gasteiger partial charge in [-0.15, -0.1) is 0 Å². The Morgan fingerprint density at radius 2 is 0.832 bits per heavy atom. The Morgan fingerprint density at radius 3 is 1.19 bits per heavy atom. The van der Waals surface area contributed by atoms with Gasteiger partial charge >= 0.3 is 0 Å². The van der Waals surface area contributed by atoms with Gasteiger partial charge < -0.3 is 100 Å². The van der Waals surface area contributed by atoms with Crippen LogP contribution >= 0.6 is 0 Å². The average Bonchev–Trinajstić information content (AvgIpc) is 1.77. The number of carbonyl (C=O) groups is 3. The van der Waals surface area contributed by atoms with Crippen LogP contribution in [0.4, 0.5) is 58.7 Å². The molecule has 17 rings (SSSR count). The molecule has 0 unspecified atom stereocenters. The predicted octanol–water partition coefficient (Wildman–Crippen LogP) is 12.4. The number of aliphatic hydroxyl groups excluding tert-OH is 2. The highest BCUT2D eigenvalue weighted by Gasteiger charge is 2.41. The minimum absolute atomic E-state index is 0.00940. The third-order valence-corrected chi connectivity index (χ3v) is 26.3. The second-order valence-corrected chi connectivity index (χ2v) is 47.4. The van der Waals surface area contributed by atoms with Gasteiger partial charge in [0.05, 0.1) is 131 Å².